The summed E-state index contributed by atoms with van der Waals surface area (Å²) < 4.78 is 0. The maximum Gasteiger partial charge on any atom is 0.312 e. The van der Waals surface area contributed by atoms with Gasteiger partial charge >= 0.3 is 11.8 Å². The highest BCUT2D eigenvalue weighted by molar-refractivity contribution is 6.35. The smallest absolute Gasteiger partial charge is 0.312 e. The van der Waals surface area contributed by atoms with Gasteiger partial charge in [0.1, 0.15) is 0 Å². The topological polar surface area (TPSA) is 52.7 Å². The first-order valence-corrected chi connectivity index (χ1v) is 6.22. The van der Waals surface area contributed by atoms with E-state index < -0.39 is 5.91 Å². The maximum absolute atomic E-state index is 11.8. The number of nitrogens with one attached hydrogen (secondary N) is 1. The molecule has 1 rings (SSSR count). The summed E-state index contributed by atoms with van der Waals surface area (Å²) in [4.78, 5) is 26.5. The molecule has 1 N–H and O–H groups in total. The van der Waals surface area contributed by atoms with Gasteiger partial charge in [0, 0.05) is 32.7 Å². The largest absolute Gasteiger partial charge is 0.336 e. The van der Waals surface area contributed by atoms with Crippen LogP contribution in [0.3, 0.4) is 0 Å². The van der Waals surface area contributed by atoms with Crippen molar-refractivity contribution in [3.05, 3.63) is 0 Å². The van der Waals surface area contributed by atoms with Crippen LogP contribution in [0.1, 0.15) is 20.3 Å². The molecule has 0 spiro atoms. The van der Waals surface area contributed by atoms with Gasteiger partial charge in [0.15, 0.2) is 0 Å². The molecule has 1 heterocycles. The molecule has 1 aliphatic heterocycles. The van der Waals surface area contributed by atoms with E-state index in [9.17, 15) is 9.59 Å². The molecule has 0 radical (unpaired) electrons. The van der Waals surface area contributed by atoms with Crippen LogP contribution in [-0.4, -0.2) is 61.4 Å². The summed E-state index contributed by atoms with van der Waals surface area (Å²) in [7, 11) is 3.57. The minimum absolute atomic E-state index is 0.250. The molecule has 1 saturated heterocycles. The van der Waals surface area contributed by atoms with Crippen molar-refractivity contribution in [2.24, 2.45) is 5.92 Å². The Morgan fingerprint density at radius 2 is 1.94 bits per heavy atom. The van der Waals surface area contributed by atoms with Gasteiger partial charge in [-0.1, -0.05) is 20.3 Å². The Bertz CT molecular complexity index is 293. The summed E-state index contributed by atoms with van der Waals surface area (Å²) in [6.45, 7) is 6.16. The van der Waals surface area contributed by atoms with Gasteiger partial charge in [-0.2, -0.15) is 0 Å². The Labute approximate surface area is 103 Å². The normalized spacial score (nSPS) is 20.7. The Hall–Kier alpha value is -1.10. The molecule has 0 aromatic carbocycles. The van der Waals surface area contributed by atoms with Crippen LogP contribution in [0.4, 0.5) is 0 Å². The molecule has 2 unspecified atom stereocenters. The summed E-state index contributed by atoms with van der Waals surface area (Å²) in [5.74, 6) is -0.278. The minimum atomic E-state index is -0.393. The second kappa shape index (κ2) is 6.00. The van der Waals surface area contributed by atoms with E-state index in [1.54, 1.807) is 11.9 Å². The lowest BCUT2D eigenvalue weighted by molar-refractivity contribution is -0.155. The molecule has 2 atom stereocenters. The lowest BCUT2D eigenvalue weighted by Gasteiger charge is -2.35. The molecule has 1 fully saturated rings. The molecule has 1 aliphatic rings. The van der Waals surface area contributed by atoms with Gasteiger partial charge in [-0.15, -0.1) is 0 Å². The molecule has 0 saturated carbocycles. The van der Waals surface area contributed by atoms with Crippen molar-refractivity contribution in [1.29, 1.82) is 0 Å². The monoisotopic (exact) mass is 241 g/mol. The first-order valence-electron chi connectivity index (χ1n) is 6.22. The number of likely N-dealkylation sites (N-methyl/N-ethyl adjacent to an activating group) is 2. The molecule has 5 nitrogen and oxygen atoms in total. The van der Waals surface area contributed by atoms with Crippen LogP contribution in [0.5, 0.6) is 0 Å². The highest BCUT2D eigenvalue weighted by Gasteiger charge is 2.32. The number of rotatable bonds is 5. The summed E-state index contributed by atoms with van der Waals surface area (Å²) in [6, 6.07) is 0.250. The van der Waals surface area contributed by atoms with Gasteiger partial charge in [0.05, 0.1) is 0 Å². The first kappa shape index (κ1) is 14.0. The lowest BCUT2D eigenvalue weighted by Crippen LogP contribution is -2.56. The Kier molecular flexibility index (Phi) is 4.93. The molecule has 0 aromatic heterocycles. The Morgan fingerprint density at radius 3 is 2.47 bits per heavy atom. The zero-order chi connectivity index (χ0) is 13.0. The maximum atomic E-state index is 11.8. The average molecular weight is 241 g/mol. The predicted molar refractivity (Wildman–Crippen MR) is 66.5 cm³/mol. The van der Waals surface area contributed by atoms with Gasteiger partial charge in [0.25, 0.3) is 0 Å². The SMILES string of the molecule is CCC(C)C(CN1CCN(C)C(=O)C1=O)NC. The molecular weight excluding hydrogens is 218 g/mol. The van der Waals surface area contributed by atoms with E-state index in [1.807, 2.05) is 7.05 Å². The molecule has 0 aliphatic carbocycles. The van der Waals surface area contributed by atoms with E-state index in [0.29, 0.717) is 25.6 Å². The van der Waals surface area contributed by atoms with E-state index in [4.69, 9.17) is 0 Å². The third-order valence-electron chi connectivity index (χ3n) is 3.64. The molecule has 17 heavy (non-hydrogen) atoms. The zero-order valence-electron chi connectivity index (χ0n) is 11.2. The van der Waals surface area contributed by atoms with Gasteiger partial charge in [0.2, 0.25) is 0 Å². The lowest BCUT2D eigenvalue weighted by atomic mass is 9.98. The van der Waals surface area contributed by atoms with Crippen molar-refractivity contribution < 1.29 is 9.59 Å². The van der Waals surface area contributed by atoms with Crippen molar-refractivity contribution in [2.45, 2.75) is 26.3 Å². The van der Waals surface area contributed by atoms with Crippen LogP contribution in [0, 0.1) is 5.92 Å². The predicted octanol–water partition coefficient (Wildman–Crippen LogP) is -0.0789. The fourth-order valence-corrected chi connectivity index (χ4v) is 2.02. The van der Waals surface area contributed by atoms with E-state index >= 15 is 0 Å². The van der Waals surface area contributed by atoms with Crippen LogP contribution in [0.25, 0.3) is 0 Å². The third kappa shape index (κ3) is 3.19. The van der Waals surface area contributed by atoms with Crippen LogP contribution < -0.4 is 5.32 Å². The van der Waals surface area contributed by atoms with Crippen molar-refractivity contribution in [3.8, 4) is 0 Å². The van der Waals surface area contributed by atoms with Crippen molar-refractivity contribution >= 4 is 11.8 Å². The number of amides is 2. The Morgan fingerprint density at radius 1 is 1.29 bits per heavy atom. The summed E-state index contributed by atoms with van der Waals surface area (Å²) in [6.07, 6.45) is 1.06. The molecule has 5 heteroatoms. The highest BCUT2D eigenvalue weighted by Crippen LogP contribution is 2.11. The second-order valence-electron chi connectivity index (χ2n) is 4.76. The van der Waals surface area contributed by atoms with Crippen molar-refractivity contribution in [1.82, 2.24) is 15.1 Å². The molecule has 0 aromatic rings. The van der Waals surface area contributed by atoms with Crippen LogP contribution in [0.2, 0.25) is 0 Å². The fourth-order valence-electron chi connectivity index (χ4n) is 2.02. The van der Waals surface area contributed by atoms with E-state index in [1.165, 1.54) is 4.90 Å². The fraction of sp³-hybridized carbons (Fsp3) is 0.833. The number of carbonyl (C=O) groups excluding carboxylic acids is 2. The van der Waals surface area contributed by atoms with Gasteiger partial charge in [-0.25, -0.2) is 0 Å². The van der Waals surface area contributed by atoms with Gasteiger partial charge < -0.3 is 15.1 Å². The third-order valence-corrected chi connectivity index (χ3v) is 3.64. The van der Waals surface area contributed by atoms with Crippen molar-refractivity contribution in [2.75, 3.05) is 33.7 Å². The van der Waals surface area contributed by atoms with Gasteiger partial charge in [-0.05, 0) is 13.0 Å². The van der Waals surface area contributed by atoms with E-state index in [0.717, 1.165) is 6.42 Å². The molecular formula is C12H23N3O2. The number of hydrogen-bond acceptors (Lipinski definition) is 3. The minimum Gasteiger partial charge on any atom is -0.336 e. The quantitative estimate of drug-likeness (QED) is 0.685. The summed E-state index contributed by atoms with van der Waals surface area (Å²) in [5.41, 5.74) is 0. The number of piperazine rings is 1. The first-order chi connectivity index (χ1) is 8.01. The average Bonchev–Trinajstić information content (AvgIpc) is 2.34. The standard InChI is InChI=1S/C12H23N3O2/c1-5-9(2)10(13-3)8-15-7-6-14(4)11(16)12(15)17/h9-10,13H,5-8H2,1-4H3. The van der Waals surface area contributed by atoms with E-state index in [2.05, 4.69) is 19.2 Å². The number of nitrogens with zero attached hydrogens (tertiary/aromatic N) is 2. The molecule has 2 amide bonds. The highest BCUT2D eigenvalue weighted by atomic mass is 16.2. The Balaban J connectivity index is 2.61. The number of carbonyl (C=O) groups is 2. The van der Waals surface area contributed by atoms with Gasteiger partial charge in [-0.3, -0.25) is 9.59 Å². The summed E-state index contributed by atoms with van der Waals surface area (Å²) in [5, 5.41) is 3.23. The van der Waals surface area contributed by atoms with Crippen LogP contribution >= 0.6 is 0 Å². The number of hydrogen-bond donors (Lipinski definition) is 1. The second-order valence-corrected chi connectivity index (χ2v) is 4.76. The zero-order valence-corrected chi connectivity index (χ0v) is 11.2. The van der Waals surface area contributed by atoms with Crippen molar-refractivity contribution in [3.63, 3.8) is 0 Å². The summed E-state index contributed by atoms with van der Waals surface area (Å²) >= 11 is 0. The van der Waals surface area contributed by atoms with Crippen LogP contribution in [0.15, 0.2) is 0 Å². The van der Waals surface area contributed by atoms with E-state index in [-0.39, 0.29) is 11.9 Å². The molecule has 98 valence electrons. The van der Waals surface area contributed by atoms with Crippen LogP contribution in [-0.2, 0) is 9.59 Å². The molecule has 0 bridgehead atoms.